The van der Waals surface area contributed by atoms with Gasteiger partial charge in [0.2, 0.25) is 0 Å². The molecule has 0 aliphatic heterocycles. The van der Waals surface area contributed by atoms with Crippen molar-refractivity contribution in [2.24, 2.45) is 0 Å². The summed E-state index contributed by atoms with van der Waals surface area (Å²) in [7, 11) is 1.29. The predicted octanol–water partition coefficient (Wildman–Crippen LogP) is 0.678. The van der Waals surface area contributed by atoms with Crippen LogP contribution in [-0.2, 0) is 9.53 Å². The van der Waals surface area contributed by atoms with Gasteiger partial charge in [-0.25, -0.2) is 0 Å². The van der Waals surface area contributed by atoms with E-state index in [1.165, 1.54) is 7.11 Å². The number of aromatic nitrogens is 1. The van der Waals surface area contributed by atoms with E-state index < -0.39 is 12.1 Å². The standard InChI is InChI=1S/C9H11NO3/c1-13-9(12)6-8(11)7-2-4-10-5-3-7/h2-5,8,11H,6H2,1H3/t8-/m0/s1. The maximum atomic E-state index is 10.8. The number of ether oxygens (including phenoxy) is 1. The van der Waals surface area contributed by atoms with Crippen molar-refractivity contribution in [3.05, 3.63) is 30.1 Å². The van der Waals surface area contributed by atoms with Crippen molar-refractivity contribution in [3.63, 3.8) is 0 Å². The summed E-state index contributed by atoms with van der Waals surface area (Å²) in [6, 6.07) is 3.32. The maximum absolute atomic E-state index is 10.8. The second kappa shape index (κ2) is 4.57. The van der Waals surface area contributed by atoms with Crippen LogP contribution in [0.5, 0.6) is 0 Å². The molecule has 70 valence electrons. The first kappa shape index (κ1) is 9.67. The molecule has 0 bridgehead atoms. The Bertz CT molecular complexity index is 273. The summed E-state index contributed by atoms with van der Waals surface area (Å²) in [4.78, 5) is 14.6. The van der Waals surface area contributed by atoms with Crippen molar-refractivity contribution < 1.29 is 14.6 Å². The summed E-state index contributed by atoms with van der Waals surface area (Å²) < 4.78 is 4.43. The topological polar surface area (TPSA) is 59.4 Å². The molecule has 1 N–H and O–H groups in total. The van der Waals surface area contributed by atoms with E-state index in [1.54, 1.807) is 24.5 Å². The number of nitrogens with zero attached hydrogens (tertiary/aromatic N) is 1. The smallest absolute Gasteiger partial charge is 0.308 e. The van der Waals surface area contributed by atoms with Crippen LogP contribution in [0, 0.1) is 0 Å². The van der Waals surface area contributed by atoms with Crippen molar-refractivity contribution in [1.29, 1.82) is 0 Å². The highest BCUT2D eigenvalue weighted by Crippen LogP contribution is 2.15. The van der Waals surface area contributed by atoms with E-state index in [4.69, 9.17) is 0 Å². The number of pyridine rings is 1. The third-order valence-corrected chi connectivity index (χ3v) is 1.68. The molecule has 0 saturated heterocycles. The highest BCUT2D eigenvalue weighted by atomic mass is 16.5. The van der Waals surface area contributed by atoms with E-state index in [2.05, 4.69) is 9.72 Å². The largest absolute Gasteiger partial charge is 0.469 e. The fourth-order valence-corrected chi connectivity index (χ4v) is 0.945. The van der Waals surface area contributed by atoms with Crippen LogP contribution in [0.3, 0.4) is 0 Å². The van der Waals surface area contributed by atoms with E-state index in [0.29, 0.717) is 5.56 Å². The number of methoxy groups -OCH3 is 1. The van der Waals surface area contributed by atoms with Crippen LogP contribution >= 0.6 is 0 Å². The zero-order chi connectivity index (χ0) is 9.68. The minimum atomic E-state index is -0.810. The summed E-state index contributed by atoms with van der Waals surface area (Å²) >= 11 is 0. The zero-order valence-corrected chi connectivity index (χ0v) is 7.30. The number of aliphatic hydroxyl groups excluding tert-OH is 1. The second-order valence-electron chi connectivity index (χ2n) is 2.58. The van der Waals surface area contributed by atoms with Crippen molar-refractivity contribution in [3.8, 4) is 0 Å². The second-order valence-corrected chi connectivity index (χ2v) is 2.58. The summed E-state index contributed by atoms with van der Waals surface area (Å²) in [6.45, 7) is 0. The van der Waals surface area contributed by atoms with Crippen LogP contribution in [0.15, 0.2) is 24.5 Å². The molecule has 4 nitrogen and oxygen atoms in total. The van der Waals surface area contributed by atoms with E-state index in [0.717, 1.165) is 0 Å². The Morgan fingerprint density at radius 2 is 2.23 bits per heavy atom. The molecule has 1 aromatic rings. The predicted molar refractivity (Wildman–Crippen MR) is 45.8 cm³/mol. The minimum Gasteiger partial charge on any atom is -0.469 e. The Morgan fingerprint density at radius 1 is 1.62 bits per heavy atom. The van der Waals surface area contributed by atoms with Gasteiger partial charge in [-0.1, -0.05) is 0 Å². The van der Waals surface area contributed by atoms with Gasteiger partial charge >= 0.3 is 5.97 Å². The van der Waals surface area contributed by atoms with Crippen LogP contribution in [0.1, 0.15) is 18.1 Å². The Morgan fingerprint density at radius 3 is 2.77 bits per heavy atom. The Hall–Kier alpha value is -1.42. The van der Waals surface area contributed by atoms with Gasteiger partial charge in [-0.15, -0.1) is 0 Å². The van der Waals surface area contributed by atoms with Gasteiger partial charge in [0.05, 0.1) is 19.6 Å². The number of hydrogen-bond donors (Lipinski definition) is 1. The molecule has 0 aromatic carbocycles. The van der Waals surface area contributed by atoms with E-state index >= 15 is 0 Å². The van der Waals surface area contributed by atoms with Gasteiger partial charge in [-0.05, 0) is 17.7 Å². The molecule has 1 atom stereocenters. The van der Waals surface area contributed by atoms with Crippen molar-refractivity contribution in [2.75, 3.05) is 7.11 Å². The molecule has 0 fully saturated rings. The number of aliphatic hydroxyl groups is 1. The molecular formula is C9H11NO3. The quantitative estimate of drug-likeness (QED) is 0.696. The molecular weight excluding hydrogens is 170 g/mol. The van der Waals surface area contributed by atoms with Gasteiger partial charge in [0.1, 0.15) is 0 Å². The zero-order valence-electron chi connectivity index (χ0n) is 7.30. The van der Waals surface area contributed by atoms with Gasteiger partial charge in [-0.3, -0.25) is 9.78 Å². The molecule has 0 spiro atoms. The van der Waals surface area contributed by atoms with Crippen LogP contribution in [-0.4, -0.2) is 23.2 Å². The number of carbonyl (C=O) groups excluding carboxylic acids is 1. The third-order valence-electron chi connectivity index (χ3n) is 1.68. The van der Waals surface area contributed by atoms with Gasteiger partial charge in [0, 0.05) is 12.4 Å². The van der Waals surface area contributed by atoms with Crippen molar-refractivity contribution in [1.82, 2.24) is 4.98 Å². The number of rotatable bonds is 3. The van der Waals surface area contributed by atoms with Crippen LogP contribution in [0.2, 0.25) is 0 Å². The van der Waals surface area contributed by atoms with Crippen LogP contribution in [0.4, 0.5) is 0 Å². The Kier molecular flexibility index (Phi) is 3.40. The molecule has 0 radical (unpaired) electrons. The van der Waals surface area contributed by atoms with Crippen LogP contribution < -0.4 is 0 Å². The molecule has 1 heterocycles. The first-order valence-electron chi connectivity index (χ1n) is 3.89. The Balaban J connectivity index is 2.59. The number of hydrogen-bond acceptors (Lipinski definition) is 4. The summed E-state index contributed by atoms with van der Waals surface area (Å²) in [5.74, 6) is -0.427. The molecule has 1 rings (SSSR count). The third kappa shape index (κ3) is 2.83. The van der Waals surface area contributed by atoms with Gasteiger partial charge in [0.15, 0.2) is 0 Å². The first-order valence-corrected chi connectivity index (χ1v) is 3.89. The van der Waals surface area contributed by atoms with E-state index in [1.807, 2.05) is 0 Å². The number of esters is 1. The lowest BCUT2D eigenvalue weighted by Crippen LogP contribution is -2.07. The lowest BCUT2D eigenvalue weighted by molar-refractivity contribution is -0.142. The van der Waals surface area contributed by atoms with Crippen molar-refractivity contribution in [2.45, 2.75) is 12.5 Å². The molecule has 1 aromatic heterocycles. The van der Waals surface area contributed by atoms with Gasteiger partial charge < -0.3 is 9.84 Å². The number of carbonyl (C=O) groups is 1. The van der Waals surface area contributed by atoms with Gasteiger partial charge in [0.25, 0.3) is 0 Å². The molecule has 0 aliphatic rings. The van der Waals surface area contributed by atoms with Crippen LogP contribution in [0.25, 0.3) is 0 Å². The van der Waals surface area contributed by atoms with E-state index in [9.17, 15) is 9.90 Å². The summed E-state index contributed by atoms with van der Waals surface area (Å²) in [5.41, 5.74) is 0.667. The SMILES string of the molecule is COC(=O)C[C@H](O)c1ccncc1. The molecule has 0 amide bonds. The maximum Gasteiger partial charge on any atom is 0.308 e. The Labute approximate surface area is 76.2 Å². The average molecular weight is 181 g/mol. The highest BCUT2D eigenvalue weighted by Gasteiger charge is 2.12. The molecule has 0 unspecified atom stereocenters. The summed E-state index contributed by atoms with van der Waals surface area (Å²) in [6.07, 6.45) is 2.29. The van der Waals surface area contributed by atoms with Gasteiger partial charge in [-0.2, -0.15) is 0 Å². The molecule has 0 aliphatic carbocycles. The average Bonchev–Trinajstić information content (AvgIpc) is 2.19. The fourth-order valence-electron chi connectivity index (χ4n) is 0.945. The molecule has 0 saturated carbocycles. The lowest BCUT2D eigenvalue weighted by Gasteiger charge is -2.08. The monoisotopic (exact) mass is 181 g/mol. The van der Waals surface area contributed by atoms with Crippen molar-refractivity contribution >= 4 is 5.97 Å². The normalized spacial score (nSPS) is 12.2. The summed E-state index contributed by atoms with van der Waals surface area (Å²) in [5, 5.41) is 9.49. The molecule has 4 heteroatoms. The van der Waals surface area contributed by atoms with E-state index in [-0.39, 0.29) is 6.42 Å². The first-order chi connectivity index (χ1) is 6.24. The lowest BCUT2D eigenvalue weighted by atomic mass is 10.1. The minimum absolute atomic E-state index is 0.0273. The fraction of sp³-hybridized carbons (Fsp3) is 0.333. The highest BCUT2D eigenvalue weighted by molar-refractivity contribution is 5.70. The molecule has 13 heavy (non-hydrogen) atoms.